The molecule has 1 atom stereocenters. The molecule has 6 nitrogen and oxygen atoms in total. The van der Waals surface area contributed by atoms with E-state index < -0.39 is 23.7 Å². The standard InChI is InChI=1S/C36H35F3N4O2/c37-36(38,39)31-17-14-28(15-18-31)16-19-34(44)43(27-32-13-7-8-20-40-32)33(25-29-9-3-1-4-10-29)35(45)42-23-21-41(22-24-42)26-30-11-5-2-6-12-30/h1-20,33H,21-27H2/b19-16+/t33-/m0/s1. The molecule has 0 spiro atoms. The van der Waals surface area contributed by atoms with Crippen molar-refractivity contribution >= 4 is 17.9 Å². The molecule has 2 amide bonds. The predicted octanol–water partition coefficient (Wildman–Crippen LogP) is 6.10. The fourth-order valence-corrected chi connectivity index (χ4v) is 5.40. The molecule has 5 rings (SSSR count). The number of rotatable bonds is 10. The molecule has 1 saturated heterocycles. The Morgan fingerprint density at radius 1 is 0.800 bits per heavy atom. The van der Waals surface area contributed by atoms with Crippen molar-refractivity contribution in [1.82, 2.24) is 19.7 Å². The van der Waals surface area contributed by atoms with Crippen LogP contribution in [0.3, 0.4) is 0 Å². The van der Waals surface area contributed by atoms with E-state index in [1.807, 2.05) is 59.5 Å². The highest BCUT2D eigenvalue weighted by molar-refractivity contribution is 5.95. The largest absolute Gasteiger partial charge is 0.416 e. The van der Waals surface area contributed by atoms with Crippen molar-refractivity contribution in [3.05, 3.63) is 143 Å². The fraction of sp³-hybridized carbons (Fsp3) is 0.250. The number of carbonyl (C=O) groups is 2. The Hall–Kier alpha value is -4.76. The molecule has 3 aromatic carbocycles. The summed E-state index contributed by atoms with van der Waals surface area (Å²) >= 11 is 0. The van der Waals surface area contributed by atoms with Gasteiger partial charge in [0.1, 0.15) is 6.04 Å². The summed E-state index contributed by atoms with van der Waals surface area (Å²) in [7, 11) is 0. The van der Waals surface area contributed by atoms with Gasteiger partial charge in [-0.1, -0.05) is 78.9 Å². The number of benzene rings is 3. The Morgan fingerprint density at radius 2 is 1.42 bits per heavy atom. The molecule has 0 aliphatic carbocycles. The molecule has 1 aliphatic heterocycles. The third kappa shape index (κ3) is 8.89. The van der Waals surface area contributed by atoms with Crippen molar-refractivity contribution in [2.45, 2.75) is 31.7 Å². The molecule has 4 aromatic rings. The lowest BCUT2D eigenvalue weighted by molar-refractivity contribution is -0.145. The van der Waals surface area contributed by atoms with E-state index in [1.54, 1.807) is 18.3 Å². The van der Waals surface area contributed by atoms with Gasteiger partial charge in [0.05, 0.1) is 17.8 Å². The summed E-state index contributed by atoms with van der Waals surface area (Å²) in [6, 6.07) is 28.9. The highest BCUT2D eigenvalue weighted by Gasteiger charge is 2.34. The smallest absolute Gasteiger partial charge is 0.338 e. The highest BCUT2D eigenvalue weighted by atomic mass is 19.4. The van der Waals surface area contributed by atoms with Gasteiger partial charge in [0.25, 0.3) is 0 Å². The minimum Gasteiger partial charge on any atom is -0.338 e. The number of aromatic nitrogens is 1. The Bertz CT molecular complexity index is 1560. The Kier molecular flexibility index (Phi) is 10.4. The van der Waals surface area contributed by atoms with Crippen molar-refractivity contribution in [2.24, 2.45) is 0 Å². The fourth-order valence-electron chi connectivity index (χ4n) is 5.40. The van der Waals surface area contributed by atoms with E-state index in [1.165, 1.54) is 34.7 Å². The molecular formula is C36H35F3N4O2. The van der Waals surface area contributed by atoms with Crippen molar-refractivity contribution in [2.75, 3.05) is 26.2 Å². The van der Waals surface area contributed by atoms with Crippen LogP contribution in [-0.2, 0) is 35.3 Å². The second-order valence-corrected chi connectivity index (χ2v) is 11.0. The van der Waals surface area contributed by atoms with E-state index in [0.29, 0.717) is 43.9 Å². The predicted molar refractivity (Wildman–Crippen MR) is 167 cm³/mol. The van der Waals surface area contributed by atoms with Gasteiger partial charge in [0.2, 0.25) is 11.8 Å². The van der Waals surface area contributed by atoms with Crippen LogP contribution in [0.2, 0.25) is 0 Å². The Morgan fingerprint density at radius 3 is 2.02 bits per heavy atom. The van der Waals surface area contributed by atoms with E-state index in [4.69, 9.17) is 0 Å². The van der Waals surface area contributed by atoms with Crippen LogP contribution in [-0.4, -0.2) is 63.7 Å². The summed E-state index contributed by atoms with van der Waals surface area (Å²) in [5.74, 6) is -0.581. The molecule has 0 unspecified atom stereocenters. The molecular weight excluding hydrogens is 577 g/mol. The maximum Gasteiger partial charge on any atom is 0.416 e. The summed E-state index contributed by atoms with van der Waals surface area (Å²) < 4.78 is 39.1. The number of hydrogen-bond donors (Lipinski definition) is 0. The quantitative estimate of drug-likeness (QED) is 0.203. The zero-order valence-electron chi connectivity index (χ0n) is 24.8. The monoisotopic (exact) mass is 612 g/mol. The molecule has 0 radical (unpaired) electrons. The number of halogens is 3. The minimum atomic E-state index is -4.45. The lowest BCUT2D eigenvalue weighted by atomic mass is 10.0. The van der Waals surface area contributed by atoms with Gasteiger partial charge in [-0.25, -0.2) is 0 Å². The lowest BCUT2D eigenvalue weighted by Crippen LogP contribution is -2.56. The van der Waals surface area contributed by atoms with Crippen molar-refractivity contribution in [3.8, 4) is 0 Å². The van der Waals surface area contributed by atoms with Gasteiger partial charge < -0.3 is 9.80 Å². The minimum absolute atomic E-state index is 0.0915. The number of hydrogen-bond acceptors (Lipinski definition) is 4. The van der Waals surface area contributed by atoms with Crippen LogP contribution in [0.25, 0.3) is 6.08 Å². The van der Waals surface area contributed by atoms with E-state index in [-0.39, 0.29) is 12.5 Å². The SMILES string of the molecule is O=C([C@H](Cc1ccccc1)N(Cc1ccccn1)C(=O)/C=C/c1ccc(C(F)(F)F)cc1)N1CCN(Cc2ccccc2)CC1. The molecule has 9 heteroatoms. The normalized spacial score (nSPS) is 14.8. The summed E-state index contributed by atoms with van der Waals surface area (Å²) in [6.45, 7) is 3.37. The third-order valence-corrected chi connectivity index (χ3v) is 7.86. The van der Waals surface area contributed by atoms with Crippen molar-refractivity contribution in [3.63, 3.8) is 0 Å². The second kappa shape index (κ2) is 14.8. The van der Waals surface area contributed by atoms with Crippen LogP contribution in [0, 0.1) is 0 Å². The van der Waals surface area contributed by atoms with E-state index >= 15 is 0 Å². The van der Waals surface area contributed by atoms with Gasteiger partial charge >= 0.3 is 6.18 Å². The topological polar surface area (TPSA) is 56.8 Å². The number of pyridine rings is 1. The first-order chi connectivity index (χ1) is 21.8. The van der Waals surface area contributed by atoms with Crippen LogP contribution in [0.4, 0.5) is 13.2 Å². The zero-order chi connectivity index (χ0) is 31.6. The summed E-state index contributed by atoms with van der Waals surface area (Å²) in [5.41, 5.74) is 2.41. The molecule has 45 heavy (non-hydrogen) atoms. The van der Waals surface area contributed by atoms with Crippen molar-refractivity contribution < 1.29 is 22.8 Å². The first-order valence-electron chi connectivity index (χ1n) is 14.9. The zero-order valence-corrected chi connectivity index (χ0v) is 24.8. The van der Waals surface area contributed by atoms with Gasteiger partial charge in [-0.3, -0.25) is 19.5 Å². The maximum absolute atomic E-state index is 14.3. The number of carbonyl (C=O) groups excluding carboxylic acids is 2. The molecule has 0 saturated carbocycles. The van der Waals surface area contributed by atoms with Crippen LogP contribution in [0.15, 0.2) is 115 Å². The summed E-state index contributed by atoms with van der Waals surface area (Å²) in [4.78, 5) is 38.2. The average Bonchev–Trinajstić information content (AvgIpc) is 3.06. The Labute approximate surface area is 261 Å². The molecule has 1 aliphatic rings. The van der Waals surface area contributed by atoms with Gasteiger partial charge in [0.15, 0.2) is 0 Å². The van der Waals surface area contributed by atoms with Gasteiger partial charge in [0, 0.05) is 51.4 Å². The van der Waals surface area contributed by atoms with Crippen LogP contribution >= 0.6 is 0 Å². The molecule has 232 valence electrons. The number of piperazine rings is 1. The van der Waals surface area contributed by atoms with Crippen molar-refractivity contribution in [1.29, 1.82) is 0 Å². The van der Waals surface area contributed by atoms with Gasteiger partial charge in [-0.15, -0.1) is 0 Å². The molecule has 1 aromatic heterocycles. The van der Waals surface area contributed by atoms with E-state index in [0.717, 1.165) is 24.2 Å². The molecule has 2 heterocycles. The highest BCUT2D eigenvalue weighted by Crippen LogP contribution is 2.29. The number of alkyl halides is 3. The first-order valence-corrected chi connectivity index (χ1v) is 14.9. The maximum atomic E-state index is 14.3. The van der Waals surface area contributed by atoms with Crippen LogP contribution in [0.1, 0.15) is 27.9 Å². The molecule has 0 N–H and O–H groups in total. The molecule has 0 bridgehead atoms. The third-order valence-electron chi connectivity index (χ3n) is 7.86. The number of nitrogens with zero attached hydrogens (tertiary/aromatic N) is 4. The average molecular weight is 613 g/mol. The molecule has 1 fully saturated rings. The van der Waals surface area contributed by atoms with Crippen LogP contribution < -0.4 is 0 Å². The summed E-state index contributed by atoms with van der Waals surface area (Å²) in [6.07, 6.45) is 0.275. The van der Waals surface area contributed by atoms with Crippen LogP contribution in [0.5, 0.6) is 0 Å². The lowest BCUT2D eigenvalue weighted by Gasteiger charge is -2.39. The Balaban J connectivity index is 1.39. The van der Waals surface area contributed by atoms with Gasteiger partial charge in [-0.2, -0.15) is 13.2 Å². The van der Waals surface area contributed by atoms with E-state index in [2.05, 4.69) is 22.0 Å². The first kappa shape index (κ1) is 31.7. The van der Waals surface area contributed by atoms with E-state index in [9.17, 15) is 22.8 Å². The van der Waals surface area contributed by atoms with Gasteiger partial charge in [-0.05, 0) is 47.0 Å². The number of amides is 2. The summed E-state index contributed by atoms with van der Waals surface area (Å²) in [5, 5.41) is 0. The second-order valence-electron chi connectivity index (χ2n) is 11.0.